The minimum atomic E-state index is -0.893. The summed E-state index contributed by atoms with van der Waals surface area (Å²) < 4.78 is 0. The first kappa shape index (κ1) is 21.0. The maximum atomic E-state index is 12.3. The number of hydrogen-bond acceptors (Lipinski definition) is 3. The van der Waals surface area contributed by atoms with E-state index in [4.69, 9.17) is 23.2 Å². The number of carbonyl (C=O) groups excluding carboxylic acids is 2. The van der Waals surface area contributed by atoms with Crippen molar-refractivity contribution < 1.29 is 14.7 Å². The van der Waals surface area contributed by atoms with Crippen LogP contribution in [0.15, 0.2) is 42.5 Å². The van der Waals surface area contributed by atoms with Gasteiger partial charge < -0.3 is 20.6 Å². The summed E-state index contributed by atoms with van der Waals surface area (Å²) in [5.41, 5.74) is 2.11. The van der Waals surface area contributed by atoms with Crippen molar-refractivity contribution in [1.29, 1.82) is 0 Å². The van der Waals surface area contributed by atoms with E-state index in [-0.39, 0.29) is 18.5 Å². The number of rotatable bonds is 6. The highest BCUT2D eigenvalue weighted by Crippen LogP contribution is 2.26. The van der Waals surface area contributed by atoms with Gasteiger partial charge in [-0.25, -0.2) is 4.79 Å². The largest absolute Gasteiger partial charge is 0.387 e. The van der Waals surface area contributed by atoms with Gasteiger partial charge in [0.05, 0.1) is 22.7 Å². The van der Waals surface area contributed by atoms with E-state index in [1.165, 1.54) is 11.8 Å². The molecule has 0 aliphatic heterocycles. The maximum Gasteiger partial charge on any atom is 0.321 e. The SMILES string of the molecule is CC(=O)NCc1ccc(NC(=O)N(C)CC(O)c2ccc(Cl)c(Cl)c2)cc1. The zero-order valence-electron chi connectivity index (χ0n) is 15.0. The van der Waals surface area contributed by atoms with Crippen LogP contribution in [0.4, 0.5) is 10.5 Å². The van der Waals surface area contributed by atoms with Crippen LogP contribution in [0.25, 0.3) is 0 Å². The summed E-state index contributed by atoms with van der Waals surface area (Å²) in [7, 11) is 1.58. The number of nitrogens with zero attached hydrogens (tertiary/aromatic N) is 1. The lowest BCUT2D eigenvalue weighted by Crippen LogP contribution is -2.34. The first-order valence-corrected chi connectivity index (χ1v) is 9.00. The summed E-state index contributed by atoms with van der Waals surface area (Å²) >= 11 is 11.8. The molecule has 3 amide bonds. The van der Waals surface area contributed by atoms with E-state index in [0.29, 0.717) is 27.8 Å². The molecule has 0 aliphatic rings. The Morgan fingerprint density at radius 3 is 2.37 bits per heavy atom. The van der Waals surface area contributed by atoms with Crippen LogP contribution in [0.3, 0.4) is 0 Å². The standard InChI is InChI=1S/C19H21Cl2N3O3/c1-12(25)22-10-13-3-6-15(7-4-13)23-19(27)24(2)11-18(26)14-5-8-16(20)17(21)9-14/h3-9,18,26H,10-11H2,1-2H3,(H,22,25)(H,23,27). The number of urea groups is 1. The summed E-state index contributed by atoms with van der Waals surface area (Å²) in [5.74, 6) is -0.102. The number of aliphatic hydroxyl groups is 1. The van der Waals surface area contributed by atoms with Crippen LogP contribution in [0.1, 0.15) is 24.2 Å². The highest BCUT2D eigenvalue weighted by molar-refractivity contribution is 6.42. The van der Waals surface area contributed by atoms with Gasteiger partial charge in [-0.1, -0.05) is 41.4 Å². The van der Waals surface area contributed by atoms with Gasteiger partial charge in [-0.05, 0) is 35.4 Å². The van der Waals surface area contributed by atoms with Crippen molar-refractivity contribution in [2.45, 2.75) is 19.6 Å². The zero-order chi connectivity index (χ0) is 20.0. The van der Waals surface area contributed by atoms with Gasteiger partial charge in [0.15, 0.2) is 0 Å². The number of amides is 3. The molecule has 0 bridgehead atoms. The molecule has 0 heterocycles. The third kappa shape index (κ3) is 6.43. The predicted molar refractivity (Wildman–Crippen MR) is 107 cm³/mol. The van der Waals surface area contributed by atoms with Crippen LogP contribution in [0.5, 0.6) is 0 Å². The number of likely N-dealkylation sites (N-methyl/N-ethyl adjacent to an activating group) is 1. The number of anilines is 1. The van der Waals surface area contributed by atoms with Crippen molar-refractivity contribution in [1.82, 2.24) is 10.2 Å². The van der Waals surface area contributed by atoms with Crippen molar-refractivity contribution in [3.05, 3.63) is 63.6 Å². The third-order valence-corrected chi connectivity index (χ3v) is 4.61. The highest BCUT2D eigenvalue weighted by atomic mass is 35.5. The molecule has 1 unspecified atom stereocenters. The molecule has 3 N–H and O–H groups in total. The number of hydrogen-bond donors (Lipinski definition) is 3. The van der Waals surface area contributed by atoms with Crippen LogP contribution in [-0.2, 0) is 11.3 Å². The zero-order valence-corrected chi connectivity index (χ0v) is 16.5. The predicted octanol–water partition coefficient (Wildman–Crippen LogP) is 3.83. The molecule has 0 spiro atoms. The topological polar surface area (TPSA) is 81.7 Å². The second-order valence-corrected chi connectivity index (χ2v) is 6.92. The Morgan fingerprint density at radius 2 is 1.78 bits per heavy atom. The summed E-state index contributed by atoms with van der Waals surface area (Å²) in [5, 5.41) is 16.5. The molecule has 2 aromatic carbocycles. The molecule has 6 nitrogen and oxygen atoms in total. The van der Waals surface area contributed by atoms with Crippen molar-refractivity contribution in [3.8, 4) is 0 Å². The molecule has 0 aliphatic carbocycles. The summed E-state index contributed by atoms with van der Waals surface area (Å²) in [6, 6.07) is 11.6. The first-order chi connectivity index (χ1) is 12.8. The molecular formula is C19H21Cl2N3O3. The third-order valence-electron chi connectivity index (χ3n) is 3.87. The molecule has 0 saturated heterocycles. The maximum absolute atomic E-state index is 12.3. The van der Waals surface area contributed by atoms with Gasteiger partial charge in [0.1, 0.15) is 0 Å². The number of halogens is 2. The van der Waals surface area contributed by atoms with Gasteiger partial charge in [-0.3, -0.25) is 4.79 Å². The lowest BCUT2D eigenvalue weighted by Gasteiger charge is -2.22. The number of carbonyl (C=O) groups is 2. The van der Waals surface area contributed by atoms with Crippen LogP contribution in [0.2, 0.25) is 10.0 Å². The molecule has 0 saturated carbocycles. The van der Waals surface area contributed by atoms with Gasteiger partial charge in [-0.15, -0.1) is 0 Å². The number of aliphatic hydroxyl groups excluding tert-OH is 1. The average Bonchev–Trinajstić information content (AvgIpc) is 2.63. The van der Waals surface area contributed by atoms with E-state index in [2.05, 4.69) is 10.6 Å². The van der Waals surface area contributed by atoms with Crippen LogP contribution in [0, 0.1) is 0 Å². The monoisotopic (exact) mass is 409 g/mol. The van der Waals surface area contributed by atoms with Crippen molar-refractivity contribution >= 4 is 40.8 Å². The number of nitrogens with one attached hydrogen (secondary N) is 2. The van der Waals surface area contributed by atoms with E-state index in [1.54, 1.807) is 37.4 Å². The highest BCUT2D eigenvalue weighted by Gasteiger charge is 2.16. The average molecular weight is 410 g/mol. The number of benzene rings is 2. The summed E-state index contributed by atoms with van der Waals surface area (Å²) in [6.45, 7) is 1.97. The minimum absolute atomic E-state index is 0.0877. The molecule has 27 heavy (non-hydrogen) atoms. The molecule has 144 valence electrons. The molecule has 0 radical (unpaired) electrons. The van der Waals surface area contributed by atoms with Gasteiger partial charge in [-0.2, -0.15) is 0 Å². The molecule has 2 aromatic rings. The summed E-state index contributed by atoms with van der Waals surface area (Å²) in [6.07, 6.45) is -0.893. The molecule has 2 rings (SSSR count). The van der Waals surface area contributed by atoms with Crippen molar-refractivity contribution in [2.75, 3.05) is 18.9 Å². The van der Waals surface area contributed by atoms with Crippen molar-refractivity contribution in [2.24, 2.45) is 0 Å². The van der Waals surface area contributed by atoms with E-state index in [9.17, 15) is 14.7 Å². The van der Waals surface area contributed by atoms with Gasteiger partial charge in [0.2, 0.25) is 5.91 Å². The molecular weight excluding hydrogens is 389 g/mol. The lowest BCUT2D eigenvalue weighted by atomic mass is 10.1. The molecule has 0 aromatic heterocycles. The Kier molecular flexibility index (Phi) is 7.47. The molecule has 0 fully saturated rings. The second kappa shape index (κ2) is 9.60. The first-order valence-electron chi connectivity index (χ1n) is 8.24. The smallest absolute Gasteiger partial charge is 0.321 e. The molecule has 8 heteroatoms. The minimum Gasteiger partial charge on any atom is -0.387 e. The Balaban J connectivity index is 1.90. The van der Waals surface area contributed by atoms with E-state index in [0.717, 1.165) is 5.56 Å². The van der Waals surface area contributed by atoms with Crippen LogP contribution >= 0.6 is 23.2 Å². The van der Waals surface area contributed by atoms with Gasteiger partial charge in [0.25, 0.3) is 0 Å². The lowest BCUT2D eigenvalue weighted by molar-refractivity contribution is -0.119. The normalized spacial score (nSPS) is 11.6. The van der Waals surface area contributed by atoms with Crippen molar-refractivity contribution in [3.63, 3.8) is 0 Å². The Morgan fingerprint density at radius 1 is 1.11 bits per heavy atom. The molecule has 1 atom stereocenters. The van der Waals surface area contributed by atoms with E-state index >= 15 is 0 Å². The van der Waals surface area contributed by atoms with Crippen LogP contribution in [-0.4, -0.2) is 35.5 Å². The van der Waals surface area contributed by atoms with Gasteiger partial charge in [0, 0.05) is 26.2 Å². The fourth-order valence-electron chi connectivity index (χ4n) is 2.32. The Labute approximate surface area is 168 Å². The van der Waals surface area contributed by atoms with Gasteiger partial charge >= 0.3 is 6.03 Å². The fourth-order valence-corrected chi connectivity index (χ4v) is 2.63. The summed E-state index contributed by atoms with van der Waals surface area (Å²) in [4.78, 5) is 24.6. The fraction of sp³-hybridized carbons (Fsp3) is 0.263. The van der Waals surface area contributed by atoms with Crippen LogP contribution < -0.4 is 10.6 Å². The Bertz CT molecular complexity index is 812. The second-order valence-electron chi connectivity index (χ2n) is 6.11. The van der Waals surface area contributed by atoms with E-state index < -0.39 is 6.10 Å². The Hall–Kier alpha value is -2.28. The van der Waals surface area contributed by atoms with E-state index in [1.807, 2.05) is 12.1 Å². The quantitative estimate of drug-likeness (QED) is 0.677.